The molecule has 9 aromatic rings. The highest BCUT2D eigenvalue weighted by atomic mass is 14.9. The molecule has 0 aliphatic carbocycles. The lowest BCUT2D eigenvalue weighted by molar-refractivity contribution is 1.18. The van der Waals surface area contributed by atoms with Crippen molar-refractivity contribution in [2.75, 3.05) is 0 Å². The Labute approximate surface area is 292 Å². The lowest BCUT2D eigenvalue weighted by Gasteiger charge is -2.17. The summed E-state index contributed by atoms with van der Waals surface area (Å²) < 4.78 is 0. The van der Waals surface area contributed by atoms with Crippen molar-refractivity contribution in [2.24, 2.45) is 0 Å². The van der Waals surface area contributed by atoms with E-state index in [2.05, 4.69) is 164 Å². The molecule has 0 radical (unpaired) electrons. The molecule has 8 aromatic carbocycles. The Hall–Kier alpha value is -6.64. The van der Waals surface area contributed by atoms with Crippen LogP contribution in [-0.2, 0) is 0 Å². The van der Waals surface area contributed by atoms with Crippen molar-refractivity contribution in [1.29, 1.82) is 0 Å². The van der Waals surface area contributed by atoms with E-state index in [0.29, 0.717) is 5.82 Å². The van der Waals surface area contributed by atoms with E-state index in [-0.39, 0.29) is 0 Å². The Kier molecular flexibility index (Phi) is 7.53. The van der Waals surface area contributed by atoms with E-state index in [0.717, 1.165) is 44.8 Å². The summed E-state index contributed by atoms with van der Waals surface area (Å²) >= 11 is 0. The van der Waals surface area contributed by atoms with Crippen LogP contribution in [-0.4, -0.2) is 9.97 Å². The summed E-state index contributed by atoms with van der Waals surface area (Å²) in [5.74, 6) is 0.709. The number of benzene rings is 8. The highest BCUT2D eigenvalue weighted by Crippen LogP contribution is 2.40. The van der Waals surface area contributed by atoms with Crippen LogP contribution in [0.4, 0.5) is 0 Å². The molecule has 1 aromatic heterocycles. The average molecular weight is 637 g/mol. The molecule has 0 saturated carbocycles. The molecule has 0 bridgehead atoms. The highest BCUT2D eigenvalue weighted by Gasteiger charge is 2.20. The van der Waals surface area contributed by atoms with E-state index >= 15 is 0 Å². The van der Waals surface area contributed by atoms with E-state index in [1.807, 2.05) is 30.3 Å². The predicted octanol–water partition coefficient (Wildman–Crippen LogP) is 12.8. The normalized spacial score (nSPS) is 11.2. The van der Waals surface area contributed by atoms with Gasteiger partial charge in [0.2, 0.25) is 0 Å². The smallest absolute Gasteiger partial charge is 0.160 e. The molecule has 0 amide bonds. The van der Waals surface area contributed by atoms with Crippen molar-refractivity contribution < 1.29 is 0 Å². The van der Waals surface area contributed by atoms with Crippen LogP contribution in [0.15, 0.2) is 194 Å². The van der Waals surface area contributed by atoms with Gasteiger partial charge in [0.1, 0.15) is 0 Å². The summed E-state index contributed by atoms with van der Waals surface area (Å²) in [5, 5.41) is 4.97. The van der Waals surface area contributed by atoms with Gasteiger partial charge in [0.25, 0.3) is 0 Å². The molecule has 0 aliphatic heterocycles. The zero-order valence-corrected chi connectivity index (χ0v) is 27.4. The molecule has 0 N–H and O–H groups in total. The Morgan fingerprint density at radius 3 is 1.16 bits per heavy atom. The van der Waals surface area contributed by atoms with Crippen LogP contribution in [0.2, 0.25) is 0 Å². The van der Waals surface area contributed by atoms with Gasteiger partial charge >= 0.3 is 0 Å². The third-order valence-corrected chi connectivity index (χ3v) is 9.47. The van der Waals surface area contributed by atoms with Gasteiger partial charge in [0.15, 0.2) is 5.82 Å². The fourth-order valence-electron chi connectivity index (χ4n) is 6.86. The maximum absolute atomic E-state index is 5.26. The molecule has 234 valence electrons. The van der Waals surface area contributed by atoms with Gasteiger partial charge in [0, 0.05) is 22.3 Å². The third kappa shape index (κ3) is 5.63. The van der Waals surface area contributed by atoms with Crippen LogP contribution < -0.4 is 0 Å². The minimum Gasteiger partial charge on any atom is -0.227 e. The van der Waals surface area contributed by atoms with Gasteiger partial charge in [-0.1, -0.05) is 176 Å². The Morgan fingerprint density at radius 2 is 0.600 bits per heavy atom. The first-order chi connectivity index (χ1) is 24.8. The summed E-state index contributed by atoms with van der Waals surface area (Å²) in [6.45, 7) is 0. The van der Waals surface area contributed by atoms with Crippen molar-refractivity contribution in [3.05, 3.63) is 194 Å². The molecular weight excluding hydrogens is 605 g/mol. The van der Waals surface area contributed by atoms with Crippen molar-refractivity contribution >= 4 is 21.5 Å². The first kappa shape index (κ1) is 29.5. The lowest BCUT2D eigenvalue weighted by Crippen LogP contribution is -2.00. The summed E-state index contributed by atoms with van der Waals surface area (Å²) in [6.07, 6.45) is 0. The number of rotatable bonds is 6. The summed E-state index contributed by atoms with van der Waals surface area (Å²) in [5.41, 5.74) is 11.8. The molecule has 0 unspecified atom stereocenters. The van der Waals surface area contributed by atoms with Crippen LogP contribution >= 0.6 is 0 Å². The first-order valence-electron chi connectivity index (χ1n) is 17.0. The molecule has 2 nitrogen and oxygen atoms in total. The lowest BCUT2D eigenvalue weighted by atomic mass is 9.93. The first-order valence-corrected chi connectivity index (χ1v) is 17.0. The van der Waals surface area contributed by atoms with Gasteiger partial charge in [-0.15, -0.1) is 0 Å². The van der Waals surface area contributed by atoms with Gasteiger partial charge in [0.05, 0.1) is 11.4 Å². The quantitative estimate of drug-likeness (QED) is 0.181. The van der Waals surface area contributed by atoms with Crippen molar-refractivity contribution in [2.45, 2.75) is 0 Å². The van der Waals surface area contributed by atoms with Gasteiger partial charge in [-0.05, 0) is 67.6 Å². The van der Waals surface area contributed by atoms with Crippen LogP contribution in [0.1, 0.15) is 0 Å². The van der Waals surface area contributed by atoms with E-state index in [1.54, 1.807) is 0 Å². The van der Waals surface area contributed by atoms with E-state index in [4.69, 9.17) is 9.97 Å². The van der Waals surface area contributed by atoms with Crippen molar-refractivity contribution in [3.63, 3.8) is 0 Å². The van der Waals surface area contributed by atoms with Gasteiger partial charge in [-0.3, -0.25) is 0 Å². The van der Waals surface area contributed by atoms with E-state index in [1.165, 1.54) is 38.2 Å². The minimum atomic E-state index is 0.709. The van der Waals surface area contributed by atoms with Gasteiger partial charge in [-0.25, -0.2) is 9.97 Å². The molecule has 50 heavy (non-hydrogen) atoms. The molecule has 0 spiro atoms. The molecule has 1 heterocycles. The van der Waals surface area contributed by atoms with Crippen molar-refractivity contribution in [1.82, 2.24) is 9.97 Å². The number of hydrogen-bond donors (Lipinski definition) is 0. The second-order valence-corrected chi connectivity index (χ2v) is 12.6. The molecular formula is C48H32N2. The molecule has 0 aliphatic rings. The zero-order chi connectivity index (χ0) is 33.3. The Bertz CT molecular complexity index is 2610. The maximum Gasteiger partial charge on any atom is 0.160 e. The van der Waals surface area contributed by atoms with Crippen LogP contribution in [0, 0.1) is 0 Å². The fraction of sp³-hybridized carbons (Fsp3) is 0. The van der Waals surface area contributed by atoms with Gasteiger partial charge < -0.3 is 0 Å². The largest absolute Gasteiger partial charge is 0.227 e. The Morgan fingerprint density at radius 1 is 0.240 bits per heavy atom. The topological polar surface area (TPSA) is 25.8 Å². The number of fused-ring (bicyclic) bond motifs is 2. The SMILES string of the molecule is c1ccc(-c2nc(-c3ccccc3)c(-c3ccccc3)c(-c3ccc(-c4ccc5cc(-c6ccc7ccccc7c6)ccc5c4)cc3)n2)cc1. The fourth-order valence-corrected chi connectivity index (χ4v) is 6.86. The third-order valence-electron chi connectivity index (χ3n) is 9.47. The standard InChI is InChI=1S/C48H32N2/c1-4-13-35(14-5-1)45-46(36-15-6-2-7-16-36)49-48(38-17-8-3-9-18-38)50-47(45)37-23-20-34(21-24-37)40-26-27-43-32-44(29-28-42(43)31-40)41-25-22-33-12-10-11-19-39(33)30-41/h1-32H. The summed E-state index contributed by atoms with van der Waals surface area (Å²) in [4.78, 5) is 10.5. The second kappa shape index (κ2) is 12.8. The van der Waals surface area contributed by atoms with Crippen LogP contribution in [0.3, 0.4) is 0 Å². The number of nitrogens with zero attached hydrogens (tertiary/aromatic N) is 2. The summed E-state index contributed by atoms with van der Waals surface area (Å²) in [7, 11) is 0. The molecule has 0 saturated heterocycles. The average Bonchev–Trinajstić information content (AvgIpc) is 3.21. The number of aromatic nitrogens is 2. The molecule has 9 rings (SSSR count). The van der Waals surface area contributed by atoms with E-state index in [9.17, 15) is 0 Å². The Balaban J connectivity index is 1.12. The van der Waals surface area contributed by atoms with Crippen LogP contribution in [0.5, 0.6) is 0 Å². The second-order valence-electron chi connectivity index (χ2n) is 12.6. The zero-order valence-electron chi connectivity index (χ0n) is 27.4. The minimum absolute atomic E-state index is 0.709. The van der Waals surface area contributed by atoms with Crippen LogP contribution in [0.25, 0.3) is 88.8 Å². The molecule has 0 atom stereocenters. The molecule has 2 heteroatoms. The van der Waals surface area contributed by atoms with Crippen molar-refractivity contribution in [3.8, 4) is 67.3 Å². The van der Waals surface area contributed by atoms with E-state index < -0.39 is 0 Å². The van der Waals surface area contributed by atoms with Gasteiger partial charge in [-0.2, -0.15) is 0 Å². The number of hydrogen-bond acceptors (Lipinski definition) is 2. The predicted molar refractivity (Wildman–Crippen MR) is 210 cm³/mol. The monoisotopic (exact) mass is 636 g/mol. The highest BCUT2D eigenvalue weighted by molar-refractivity contribution is 5.95. The maximum atomic E-state index is 5.26. The summed E-state index contributed by atoms with van der Waals surface area (Å²) in [6, 6.07) is 68.7. The molecule has 0 fully saturated rings.